The molecule has 0 radical (unpaired) electrons. The normalized spacial score (nSPS) is 21.0. The molecule has 1 nitrogen and oxygen atoms in total. The van der Waals surface area contributed by atoms with Gasteiger partial charge in [0, 0.05) is 12.6 Å². The fourth-order valence-electron chi connectivity index (χ4n) is 2.05. The number of hydrogen-bond donors (Lipinski definition) is 1. The van der Waals surface area contributed by atoms with Crippen LogP contribution in [0.15, 0.2) is 18.2 Å². The van der Waals surface area contributed by atoms with Gasteiger partial charge in [-0.25, -0.2) is 0 Å². The first-order valence-electron chi connectivity index (χ1n) is 5.52. The van der Waals surface area contributed by atoms with Crippen LogP contribution in [0.5, 0.6) is 0 Å². The third-order valence-corrected chi connectivity index (χ3v) is 3.06. The van der Waals surface area contributed by atoms with Gasteiger partial charge < -0.3 is 5.32 Å². The summed E-state index contributed by atoms with van der Waals surface area (Å²) in [6.45, 7) is 7.80. The molecule has 0 fully saturated rings. The Morgan fingerprint density at radius 3 is 2.79 bits per heavy atom. The van der Waals surface area contributed by atoms with E-state index >= 15 is 0 Å². The van der Waals surface area contributed by atoms with E-state index in [1.54, 1.807) is 5.56 Å². The maximum Gasteiger partial charge on any atom is 0.0210 e. The lowest BCUT2D eigenvalue weighted by Crippen LogP contribution is -2.32. The molecule has 1 aromatic rings. The van der Waals surface area contributed by atoms with E-state index in [4.69, 9.17) is 0 Å². The highest BCUT2D eigenvalue weighted by Crippen LogP contribution is 2.22. The Balaban J connectivity index is 2.33. The molecule has 1 N–H and O–H groups in total. The van der Waals surface area contributed by atoms with Gasteiger partial charge in [0.1, 0.15) is 0 Å². The van der Waals surface area contributed by atoms with Crippen molar-refractivity contribution in [2.45, 2.75) is 45.7 Å². The van der Waals surface area contributed by atoms with Crippen LogP contribution in [0.25, 0.3) is 0 Å². The third kappa shape index (κ3) is 1.83. The number of benzene rings is 1. The quantitative estimate of drug-likeness (QED) is 0.716. The van der Waals surface area contributed by atoms with E-state index in [1.807, 2.05) is 0 Å². The predicted octanol–water partition coefficient (Wildman–Crippen LogP) is 2.84. The Morgan fingerprint density at radius 1 is 1.29 bits per heavy atom. The Morgan fingerprint density at radius 2 is 2.07 bits per heavy atom. The van der Waals surface area contributed by atoms with Crippen molar-refractivity contribution in [3.8, 4) is 0 Å². The third-order valence-electron chi connectivity index (χ3n) is 3.06. The van der Waals surface area contributed by atoms with Crippen LogP contribution in [0.1, 0.15) is 43.4 Å². The van der Waals surface area contributed by atoms with E-state index in [9.17, 15) is 0 Å². The summed E-state index contributed by atoms with van der Waals surface area (Å²) in [6.07, 6.45) is 1.18. The summed E-state index contributed by atoms with van der Waals surface area (Å²) in [5, 5.41) is 3.49. The predicted molar refractivity (Wildman–Crippen MR) is 60.5 cm³/mol. The topological polar surface area (TPSA) is 12.0 Å². The maximum absolute atomic E-state index is 3.49. The fraction of sp³-hybridized carbons (Fsp3) is 0.538. The SMILES string of the molecule is CC1Cc2cc(C(C)C)ccc2CN1. The molecule has 0 bridgehead atoms. The van der Waals surface area contributed by atoms with Crippen LogP contribution in [-0.4, -0.2) is 6.04 Å². The van der Waals surface area contributed by atoms with Gasteiger partial charge in [0.25, 0.3) is 0 Å². The fourth-order valence-corrected chi connectivity index (χ4v) is 2.05. The van der Waals surface area contributed by atoms with Crippen LogP contribution in [0.2, 0.25) is 0 Å². The summed E-state index contributed by atoms with van der Waals surface area (Å²) in [4.78, 5) is 0. The molecule has 14 heavy (non-hydrogen) atoms. The highest BCUT2D eigenvalue weighted by Gasteiger charge is 2.14. The Hall–Kier alpha value is -0.820. The Kier molecular flexibility index (Phi) is 2.60. The first-order chi connectivity index (χ1) is 6.66. The summed E-state index contributed by atoms with van der Waals surface area (Å²) in [5.41, 5.74) is 4.49. The van der Waals surface area contributed by atoms with Crippen molar-refractivity contribution < 1.29 is 0 Å². The zero-order valence-corrected chi connectivity index (χ0v) is 9.30. The summed E-state index contributed by atoms with van der Waals surface area (Å²) < 4.78 is 0. The summed E-state index contributed by atoms with van der Waals surface area (Å²) in [7, 11) is 0. The van der Waals surface area contributed by atoms with E-state index in [0.717, 1.165) is 6.54 Å². The molecule has 1 aliphatic rings. The van der Waals surface area contributed by atoms with Crippen LogP contribution < -0.4 is 5.32 Å². The lowest BCUT2D eigenvalue weighted by molar-refractivity contribution is 0.513. The molecule has 0 spiro atoms. The smallest absolute Gasteiger partial charge is 0.0210 e. The van der Waals surface area contributed by atoms with E-state index < -0.39 is 0 Å². The average Bonchev–Trinajstić information content (AvgIpc) is 2.16. The molecule has 0 saturated carbocycles. The van der Waals surface area contributed by atoms with Gasteiger partial charge in [-0.1, -0.05) is 32.0 Å². The molecule has 0 saturated heterocycles. The Labute approximate surface area is 86.5 Å². The zero-order valence-electron chi connectivity index (χ0n) is 9.30. The van der Waals surface area contributed by atoms with Gasteiger partial charge in [0.15, 0.2) is 0 Å². The van der Waals surface area contributed by atoms with Crippen LogP contribution >= 0.6 is 0 Å². The van der Waals surface area contributed by atoms with Crippen LogP contribution in [-0.2, 0) is 13.0 Å². The molecular weight excluding hydrogens is 170 g/mol. The van der Waals surface area contributed by atoms with Crippen molar-refractivity contribution in [1.82, 2.24) is 5.32 Å². The van der Waals surface area contributed by atoms with E-state index in [2.05, 4.69) is 44.3 Å². The van der Waals surface area contributed by atoms with Gasteiger partial charge in [-0.05, 0) is 36.0 Å². The maximum atomic E-state index is 3.49. The van der Waals surface area contributed by atoms with Crippen molar-refractivity contribution in [3.05, 3.63) is 34.9 Å². The largest absolute Gasteiger partial charge is 0.310 e. The molecule has 0 aromatic heterocycles. The highest BCUT2D eigenvalue weighted by molar-refractivity contribution is 5.35. The number of fused-ring (bicyclic) bond motifs is 1. The van der Waals surface area contributed by atoms with Gasteiger partial charge in [-0.2, -0.15) is 0 Å². The minimum atomic E-state index is 0.630. The van der Waals surface area contributed by atoms with Crippen molar-refractivity contribution in [3.63, 3.8) is 0 Å². The van der Waals surface area contributed by atoms with E-state index in [1.165, 1.54) is 17.5 Å². The van der Waals surface area contributed by atoms with E-state index in [-0.39, 0.29) is 0 Å². The first-order valence-corrected chi connectivity index (χ1v) is 5.52. The van der Waals surface area contributed by atoms with Gasteiger partial charge in [-0.3, -0.25) is 0 Å². The standard InChI is InChI=1S/C13H19N/c1-9(2)11-4-5-12-8-14-10(3)6-13(12)7-11/h4-5,7,9-10,14H,6,8H2,1-3H3. The zero-order chi connectivity index (χ0) is 10.1. The molecule has 1 heterocycles. The number of rotatable bonds is 1. The number of nitrogens with one attached hydrogen (secondary N) is 1. The van der Waals surface area contributed by atoms with Crippen molar-refractivity contribution >= 4 is 0 Å². The Bertz CT molecular complexity index is 328. The number of hydrogen-bond acceptors (Lipinski definition) is 1. The summed E-state index contributed by atoms with van der Waals surface area (Å²) >= 11 is 0. The van der Waals surface area contributed by atoms with Crippen LogP contribution in [0, 0.1) is 0 Å². The lowest BCUT2D eigenvalue weighted by atomic mass is 9.92. The summed E-state index contributed by atoms with van der Waals surface area (Å²) in [6, 6.07) is 7.56. The highest BCUT2D eigenvalue weighted by atomic mass is 14.9. The molecule has 76 valence electrons. The van der Waals surface area contributed by atoms with Gasteiger partial charge in [0.2, 0.25) is 0 Å². The van der Waals surface area contributed by atoms with Gasteiger partial charge in [-0.15, -0.1) is 0 Å². The second-order valence-electron chi connectivity index (χ2n) is 4.67. The second kappa shape index (κ2) is 3.74. The molecule has 1 aliphatic heterocycles. The summed E-state index contributed by atoms with van der Waals surface area (Å²) in [5.74, 6) is 0.644. The molecule has 1 unspecified atom stereocenters. The van der Waals surface area contributed by atoms with Gasteiger partial charge >= 0.3 is 0 Å². The molecule has 1 atom stereocenters. The average molecular weight is 189 g/mol. The monoisotopic (exact) mass is 189 g/mol. The molecule has 1 aromatic carbocycles. The molecule has 0 amide bonds. The van der Waals surface area contributed by atoms with E-state index in [0.29, 0.717) is 12.0 Å². The van der Waals surface area contributed by atoms with Crippen molar-refractivity contribution in [1.29, 1.82) is 0 Å². The van der Waals surface area contributed by atoms with Crippen molar-refractivity contribution in [2.75, 3.05) is 0 Å². The first kappa shape index (κ1) is 9.72. The lowest BCUT2D eigenvalue weighted by Gasteiger charge is -2.24. The van der Waals surface area contributed by atoms with Crippen molar-refractivity contribution in [2.24, 2.45) is 0 Å². The van der Waals surface area contributed by atoms with Gasteiger partial charge in [0.05, 0.1) is 0 Å². The van der Waals surface area contributed by atoms with Crippen LogP contribution in [0.4, 0.5) is 0 Å². The minimum absolute atomic E-state index is 0.630. The molecule has 2 rings (SSSR count). The van der Waals surface area contributed by atoms with Crippen LogP contribution in [0.3, 0.4) is 0 Å². The minimum Gasteiger partial charge on any atom is -0.310 e. The molecule has 0 aliphatic carbocycles. The molecular formula is C13H19N. The molecule has 1 heteroatoms. The second-order valence-corrected chi connectivity index (χ2v) is 4.67.